The number of hydrogen-bond acceptors (Lipinski definition) is 3. The van der Waals surface area contributed by atoms with Gasteiger partial charge in [-0.05, 0) is 56.8 Å². The largest absolute Gasteiger partial charge is 0.548 e. The Hall–Kier alpha value is -0.323. The first-order chi connectivity index (χ1) is 8.92. The molecule has 0 bridgehead atoms. The molecule has 0 N–H and O–H groups in total. The van der Waals surface area contributed by atoms with Crippen LogP contribution in [0, 0.1) is 11.8 Å². The van der Waals surface area contributed by atoms with Crippen LogP contribution in [-0.2, 0) is 13.9 Å². The molecule has 0 aromatic heterocycles. The van der Waals surface area contributed by atoms with E-state index in [1.54, 1.807) is 0 Å². The quantitative estimate of drug-likeness (QED) is 0.716. The molecule has 1 aliphatic carbocycles. The maximum Gasteiger partial charge on any atom is 0.241 e. The van der Waals surface area contributed by atoms with Crippen molar-refractivity contribution in [2.45, 2.75) is 58.5 Å². The van der Waals surface area contributed by atoms with Gasteiger partial charge in [-0.25, -0.2) is 0 Å². The third-order valence-electron chi connectivity index (χ3n) is 3.58. The Kier molecular flexibility index (Phi) is 5.09. The highest BCUT2D eigenvalue weighted by atomic mass is 28.4. The van der Waals surface area contributed by atoms with Crippen molar-refractivity contribution in [3.63, 3.8) is 0 Å². The third kappa shape index (κ3) is 5.28. The van der Waals surface area contributed by atoms with Gasteiger partial charge in [-0.1, -0.05) is 6.92 Å². The summed E-state index contributed by atoms with van der Waals surface area (Å²) in [6, 6.07) is 0. The van der Waals surface area contributed by atoms with E-state index >= 15 is 0 Å². The summed E-state index contributed by atoms with van der Waals surface area (Å²) in [6.07, 6.45) is 6.93. The first kappa shape index (κ1) is 15.1. The monoisotopic (exact) mass is 284 g/mol. The van der Waals surface area contributed by atoms with Crippen LogP contribution in [0.1, 0.15) is 32.6 Å². The van der Waals surface area contributed by atoms with Crippen LogP contribution in [0.15, 0.2) is 11.8 Å². The zero-order chi connectivity index (χ0) is 13.9. The van der Waals surface area contributed by atoms with Crippen molar-refractivity contribution in [3.8, 4) is 0 Å². The summed E-state index contributed by atoms with van der Waals surface area (Å²) in [5.74, 6) is 2.59. The van der Waals surface area contributed by atoms with Crippen molar-refractivity contribution in [1.29, 1.82) is 0 Å². The highest BCUT2D eigenvalue weighted by Crippen LogP contribution is 2.33. The highest BCUT2D eigenvalue weighted by molar-refractivity contribution is 6.70. The molecular formula is C15H28O3Si. The summed E-state index contributed by atoms with van der Waals surface area (Å²) < 4.78 is 17.2. The molecule has 0 aromatic rings. The van der Waals surface area contributed by atoms with Crippen LogP contribution in [0.4, 0.5) is 0 Å². The van der Waals surface area contributed by atoms with Crippen LogP contribution < -0.4 is 0 Å². The molecule has 0 radical (unpaired) electrons. The molecule has 19 heavy (non-hydrogen) atoms. The van der Waals surface area contributed by atoms with Crippen molar-refractivity contribution in [2.24, 2.45) is 11.8 Å². The minimum Gasteiger partial charge on any atom is -0.548 e. The molecule has 4 heteroatoms. The Bertz CT molecular complexity index is 316. The molecule has 1 aliphatic heterocycles. The summed E-state index contributed by atoms with van der Waals surface area (Å²) in [5, 5.41) is 0. The zero-order valence-corrected chi connectivity index (χ0v) is 13.8. The summed E-state index contributed by atoms with van der Waals surface area (Å²) in [7, 11) is -1.47. The van der Waals surface area contributed by atoms with Gasteiger partial charge >= 0.3 is 0 Å². The maximum absolute atomic E-state index is 6.19. The molecule has 110 valence electrons. The van der Waals surface area contributed by atoms with E-state index in [-0.39, 0.29) is 6.29 Å². The Morgan fingerprint density at radius 2 is 1.89 bits per heavy atom. The summed E-state index contributed by atoms with van der Waals surface area (Å²) in [5.41, 5.74) is 0. The van der Waals surface area contributed by atoms with Gasteiger partial charge in [-0.2, -0.15) is 0 Å². The van der Waals surface area contributed by atoms with Gasteiger partial charge in [-0.3, -0.25) is 0 Å². The van der Waals surface area contributed by atoms with E-state index in [1.165, 1.54) is 12.2 Å². The number of allylic oxidation sites excluding steroid dienone is 2. The van der Waals surface area contributed by atoms with E-state index in [9.17, 15) is 0 Å². The first-order valence-electron chi connectivity index (χ1n) is 7.55. The van der Waals surface area contributed by atoms with Crippen molar-refractivity contribution >= 4 is 8.32 Å². The Morgan fingerprint density at radius 1 is 1.21 bits per heavy atom. The molecule has 0 amide bonds. The van der Waals surface area contributed by atoms with E-state index < -0.39 is 8.32 Å². The lowest BCUT2D eigenvalue weighted by atomic mass is 9.84. The molecule has 0 aromatic carbocycles. The molecule has 2 atom stereocenters. The molecule has 0 spiro atoms. The number of ether oxygens (including phenoxy) is 2. The molecule has 1 heterocycles. The number of hydrogen-bond donors (Lipinski definition) is 0. The second kappa shape index (κ2) is 6.42. The van der Waals surface area contributed by atoms with Crippen LogP contribution in [0.25, 0.3) is 0 Å². The highest BCUT2D eigenvalue weighted by Gasteiger charge is 2.26. The van der Waals surface area contributed by atoms with Crippen molar-refractivity contribution in [3.05, 3.63) is 11.8 Å². The second-order valence-electron chi connectivity index (χ2n) is 6.90. The van der Waals surface area contributed by atoms with Gasteiger partial charge in [0.05, 0.1) is 19.0 Å². The van der Waals surface area contributed by atoms with Crippen molar-refractivity contribution in [1.82, 2.24) is 0 Å². The molecule has 3 nitrogen and oxygen atoms in total. The van der Waals surface area contributed by atoms with Gasteiger partial charge in [0.2, 0.25) is 8.32 Å². The summed E-state index contributed by atoms with van der Waals surface area (Å²) in [4.78, 5) is 0. The second-order valence-corrected chi connectivity index (χ2v) is 11.3. The Balaban J connectivity index is 1.86. The Morgan fingerprint density at radius 3 is 2.53 bits per heavy atom. The average molecular weight is 284 g/mol. The molecule has 2 aliphatic rings. The van der Waals surface area contributed by atoms with Crippen LogP contribution in [0.5, 0.6) is 0 Å². The van der Waals surface area contributed by atoms with Crippen LogP contribution in [0.3, 0.4) is 0 Å². The standard InChI is InChI=1S/C15H28O3Si/c1-12-9-13(5-6-15-16-7-8-17-15)11-14(10-12)18-19(2,3)4/h11-13,15H,5-10H2,1-4H3/t12-,13-/m1/s1. The summed E-state index contributed by atoms with van der Waals surface area (Å²) in [6.45, 7) is 10.6. The lowest BCUT2D eigenvalue weighted by Crippen LogP contribution is -2.27. The van der Waals surface area contributed by atoms with E-state index in [0.717, 1.165) is 38.4 Å². The number of rotatable bonds is 5. The molecule has 1 saturated heterocycles. The van der Waals surface area contributed by atoms with Crippen LogP contribution in [0.2, 0.25) is 19.6 Å². The molecule has 0 unspecified atom stereocenters. The van der Waals surface area contributed by atoms with E-state index in [4.69, 9.17) is 13.9 Å². The predicted octanol–water partition coefficient (Wildman–Crippen LogP) is 3.92. The van der Waals surface area contributed by atoms with Crippen LogP contribution >= 0.6 is 0 Å². The molecule has 1 fully saturated rings. The zero-order valence-electron chi connectivity index (χ0n) is 12.8. The van der Waals surface area contributed by atoms with Gasteiger partial charge < -0.3 is 13.9 Å². The minimum absolute atomic E-state index is 0.0343. The lowest BCUT2D eigenvalue weighted by molar-refractivity contribution is -0.0498. The van der Waals surface area contributed by atoms with Gasteiger partial charge in [-0.15, -0.1) is 0 Å². The fourth-order valence-electron chi connectivity index (χ4n) is 2.94. The van der Waals surface area contributed by atoms with Crippen molar-refractivity contribution < 1.29 is 13.9 Å². The molecule has 0 saturated carbocycles. The topological polar surface area (TPSA) is 27.7 Å². The fraction of sp³-hybridized carbons (Fsp3) is 0.867. The van der Waals surface area contributed by atoms with Crippen LogP contribution in [-0.4, -0.2) is 27.8 Å². The predicted molar refractivity (Wildman–Crippen MR) is 79.3 cm³/mol. The maximum atomic E-state index is 6.19. The minimum atomic E-state index is -1.47. The van der Waals surface area contributed by atoms with E-state index in [2.05, 4.69) is 32.6 Å². The van der Waals surface area contributed by atoms with Gasteiger partial charge in [0.1, 0.15) is 0 Å². The van der Waals surface area contributed by atoms with E-state index in [0.29, 0.717) is 5.92 Å². The van der Waals surface area contributed by atoms with Gasteiger partial charge in [0.15, 0.2) is 6.29 Å². The SMILES string of the molecule is C[C@H]1CC(O[Si](C)(C)C)=C[C@H](CCC2OCCO2)C1. The fourth-order valence-corrected chi connectivity index (χ4v) is 3.87. The smallest absolute Gasteiger partial charge is 0.241 e. The first-order valence-corrected chi connectivity index (χ1v) is 11.0. The molecule has 2 rings (SSSR count). The van der Waals surface area contributed by atoms with E-state index in [1.807, 2.05) is 0 Å². The normalized spacial score (nSPS) is 29.4. The molecular weight excluding hydrogens is 256 g/mol. The van der Waals surface area contributed by atoms with Gasteiger partial charge in [0, 0.05) is 6.42 Å². The van der Waals surface area contributed by atoms with Crippen molar-refractivity contribution in [2.75, 3.05) is 13.2 Å². The third-order valence-corrected chi connectivity index (χ3v) is 4.45. The lowest BCUT2D eigenvalue weighted by Gasteiger charge is -2.30. The van der Waals surface area contributed by atoms with Gasteiger partial charge in [0.25, 0.3) is 0 Å². The summed E-state index contributed by atoms with van der Waals surface area (Å²) >= 11 is 0. The average Bonchev–Trinajstić information content (AvgIpc) is 2.75. The Labute approximate surface area is 118 Å².